The van der Waals surface area contributed by atoms with E-state index in [9.17, 15) is 8.78 Å². The van der Waals surface area contributed by atoms with Gasteiger partial charge in [-0.15, -0.1) is 0 Å². The van der Waals surface area contributed by atoms with E-state index in [0.29, 0.717) is 23.3 Å². The predicted molar refractivity (Wildman–Crippen MR) is 136 cm³/mol. The molecule has 1 atom stereocenters. The fourth-order valence-corrected chi connectivity index (χ4v) is 3.35. The maximum absolute atomic E-state index is 13.4. The van der Waals surface area contributed by atoms with Gasteiger partial charge >= 0.3 is 0 Å². The maximum atomic E-state index is 13.4. The Labute approximate surface area is 200 Å². The van der Waals surface area contributed by atoms with Crippen LogP contribution in [0.1, 0.15) is 37.0 Å². The van der Waals surface area contributed by atoms with Crippen molar-refractivity contribution in [1.29, 1.82) is 0 Å². The molecule has 4 rings (SSSR count). The van der Waals surface area contributed by atoms with Crippen LogP contribution in [0.25, 0.3) is 6.08 Å². The zero-order chi connectivity index (χ0) is 24.5. The molecular weight excluding hydrogens is 430 g/mol. The second-order valence-electron chi connectivity index (χ2n) is 8.04. The Bertz CT molecular complexity index is 1180. The third-order valence-electron chi connectivity index (χ3n) is 5.49. The van der Waals surface area contributed by atoms with Crippen LogP contribution in [-0.2, 0) is 6.42 Å². The second kappa shape index (κ2) is 12.0. The van der Waals surface area contributed by atoms with Crippen LogP contribution in [0.2, 0.25) is 0 Å². The van der Waals surface area contributed by atoms with Crippen LogP contribution in [0, 0.1) is 12.7 Å². The second-order valence-corrected chi connectivity index (χ2v) is 8.04. The molecule has 3 aromatic carbocycles. The van der Waals surface area contributed by atoms with Gasteiger partial charge in [0.15, 0.2) is 0 Å². The van der Waals surface area contributed by atoms with Gasteiger partial charge in [-0.05, 0) is 72.9 Å². The SMILES string of the molecule is C=Cc1ccc(OC2C=C(F)C(C)=CC2)cc1.CCc1ccccc1Oc1ccc(C)c(F)c1. The lowest BCUT2D eigenvalue weighted by molar-refractivity contribution is 0.247. The van der Waals surface area contributed by atoms with E-state index in [1.807, 2.05) is 54.6 Å². The maximum Gasteiger partial charge on any atom is 0.130 e. The van der Waals surface area contributed by atoms with Crippen molar-refractivity contribution in [2.45, 2.75) is 39.7 Å². The van der Waals surface area contributed by atoms with Crippen molar-refractivity contribution in [3.63, 3.8) is 0 Å². The van der Waals surface area contributed by atoms with Gasteiger partial charge in [0.2, 0.25) is 0 Å². The normalized spacial score (nSPS) is 14.8. The van der Waals surface area contributed by atoms with Gasteiger partial charge in [0.1, 0.15) is 35.0 Å². The zero-order valence-corrected chi connectivity index (χ0v) is 19.9. The molecule has 3 aromatic rings. The van der Waals surface area contributed by atoms with Gasteiger partial charge in [0, 0.05) is 12.5 Å². The Morgan fingerprint density at radius 3 is 2.32 bits per heavy atom. The van der Waals surface area contributed by atoms with Crippen LogP contribution in [-0.4, -0.2) is 6.10 Å². The first-order valence-corrected chi connectivity index (χ1v) is 11.3. The molecule has 0 aromatic heterocycles. The molecule has 4 heteroatoms. The lowest BCUT2D eigenvalue weighted by Gasteiger charge is -2.18. The summed E-state index contributed by atoms with van der Waals surface area (Å²) < 4.78 is 38.1. The molecule has 0 heterocycles. The Morgan fingerprint density at radius 1 is 0.971 bits per heavy atom. The quantitative estimate of drug-likeness (QED) is 0.366. The molecule has 2 nitrogen and oxygen atoms in total. The number of hydrogen-bond donors (Lipinski definition) is 0. The van der Waals surface area contributed by atoms with Crippen molar-refractivity contribution < 1.29 is 18.3 Å². The Morgan fingerprint density at radius 2 is 1.68 bits per heavy atom. The summed E-state index contributed by atoms with van der Waals surface area (Å²) in [5, 5.41) is 0. The van der Waals surface area contributed by atoms with Crippen LogP contribution < -0.4 is 9.47 Å². The lowest BCUT2D eigenvalue weighted by Crippen LogP contribution is -2.15. The average Bonchev–Trinajstić information content (AvgIpc) is 2.85. The van der Waals surface area contributed by atoms with Crippen molar-refractivity contribution in [2.24, 2.45) is 0 Å². The van der Waals surface area contributed by atoms with Gasteiger partial charge in [0.05, 0.1) is 0 Å². The number of halogens is 2. The first-order valence-electron chi connectivity index (χ1n) is 11.3. The molecule has 0 aliphatic heterocycles. The molecule has 34 heavy (non-hydrogen) atoms. The molecule has 0 spiro atoms. The lowest BCUT2D eigenvalue weighted by atomic mass is 10.1. The van der Waals surface area contributed by atoms with E-state index >= 15 is 0 Å². The Balaban J connectivity index is 0.000000191. The van der Waals surface area contributed by atoms with E-state index in [1.54, 1.807) is 32.1 Å². The molecule has 0 radical (unpaired) electrons. The van der Waals surface area contributed by atoms with Crippen molar-refractivity contribution in [1.82, 2.24) is 0 Å². The smallest absolute Gasteiger partial charge is 0.130 e. The first kappa shape index (κ1) is 25.0. The highest BCUT2D eigenvalue weighted by molar-refractivity contribution is 5.48. The van der Waals surface area contributed by atoms with E-state index in [0.717, 1.165) is 29.0 Å². The number of allylic oxidation sites excluding steroid dienone is 2. The molecule has 0 saturated heterocycles. The summed E-state index contributed by atoms with van der Waals surface area (Å²) in [6.07, 6.45) is 6.55. The highest BCUT2D eigenvalue weighted by Crippen LogP contribution is 2.27. The van der Waals surface area contributed by atoms with Crippen molar-refractivity contribution in [3.8, 4) is 17.2 Å². The molecule has 0 bridgehead atoms. The van der Waals surface area contributed by atoms with Crippen molar-refractivity contribution in [3.05, 3.63) is 119 Å². The van der Waals surface area contributed by atoms with Crippen LogP contribution in [0.5, 0.6) is 17.2 Å². The van der Waals surface area contributed by atoms with Gasteiger partial charge in [-0.3, -0.25) is 0 Å². The summed E-state index contributed by atoms with van der Waals surface area (Å²) in [4.78, 5) is 0. The number of hydrogen-bond acceptors (Lipinski definition) is 2. The van der Waals surface area contributed by atoms with Crippen LogP contribution in [0.15, 0.2) is 96.9 Å². The third kappa shape index (κ3) is 6.92. The van der Waals surface area contributed by atoms with Crippen LogP contribution >= 0.6 is 0 Å². The van der Waals surface area contributed by atoms with Crippen LogP contribution in [0.3, 0.4) is 0 Å². The zero-order valence-electron chi connectivity index (χ0n) is 19.9. The predicted octanol–water partition coefficient (Wildman–Crippen LogP) is 8.77. The fraction of sp³-hybridized carbons (Fsp3) is 0.200. The summed E-state index contributed by atoms with van der Waals surface area (Å²) in [5.74, 6) is 1.64. The highest BCUT2D eigenvalue weighted by Gasteiger charge is 2.14. The number of para-hydroxylation sites is 1. The third-order valence-corrected chi connectivity index (χ3v) is 5.49. The van der Waals surface area contributed by atoms with Gasteiger partial charge in [-0.1, -0.05) is 62.1 Å². The molecule has 176 valence electrons. The van der Waals surface area contributed by atoms with Gasteiger partial charge in [-0.25, -0.2) is 8.78 Å². The molecule has 0 N–H and O–H groups in total. The molecular formula is C30H30F2O2. The molecule has 1 aliphatic rings. The fourth-order valence-electron chi connectivity index (χ4n) is 3.35. The van der Waals surface area contributed by atoms with Crippen molar-refractivity contribution >= 4 is 6.08 Å². The molecule has 0 saturated carbocycles. The summed E-state index contributed by atoms with van der Waals surface area (Å²) in [6.45, 7) is 9.25. The van der Waals surface area contributed by atoms with Crippen LogP contribution in [0.4, 0.5) is 8.78 Å². The molecule has 0 fully saturated rings. The number of ether oxygens (including phenoxy) is 2. The van der Waals surface area contributed by atoms with Gasteiger partial charge in [0.25, 0.3) is 0 Å². The summed E-state index contributed by atoms with van der Waals surface area (Å²) in [7, 11) is 0. The summed E-state index contributed by atoms with van der Waals surface area (Å²) in [5.41, 5.74) is 3.47. The minimum absolute atomic E-state index is 0.191. The topological polar surface area (TPSA) is 18.5 Å². The molecule has 1 unspecified atom stereocenters. The Kier molecular flexibility index (Phi) is 8.80. The number of aryl methyl sites for hydroxylation is 2. The van der Waals surface area contributed by atoms with E-state index in [-0.39, 0.29) is 17.7 Å². The minimum Gasteiger partial charge on any atom is -0.486 e. The van der Waals surface area contributed by atoms with Gasteiger partial charge < -0.3 is 9.47 Å². The van der Waals surface area contributed by atoms with E-state index < -0.39 is 0 Å². The number of rotatable bonds is 6. The Hall–Kier alpha value is -3.66. The van der Waals surface area contributed by atoms with E-state index in [2.05, 4.69) is 13.5 Å². The van der Waals surface area contributed by atoms with E-state index in [4.69, 9.17) is 9.47 Å². The summed E-state index contributed by atoms with van der Waals surface area (Å²) in [6, 6.07) is 20.3. The first-order chi connectivity index (χ1) is 16.4. The largest absolute Gasteiger partial charge is 0.486 e. The van der Waals surface area contributed by atoms with Gasteiger partial charge in [-0.2, -0.15) is 0 Å². The molecule has 0 amide bonds. The average molecular weight is 461 g/mol. The molecule has 1 aliphatic carbocycles. The monoisotopic (exact) mass is 460 g/mol. The van der Waals surface area contributed by atoms with Crippen molar-refractivity contribution in [2.75, 3.05) is 0 Å². The standard InChI is InChI=1S/2C15H15FO/c1-3-12-5-8-13(9-6-12)17-14-7-4-11(2)15(16)10-14;1-3-12-6-4-5-7-15(12)17-13-9-8-11(2)14(16)10-13/h3-6,8-10,14H,1,7H2,2H3;4-10H,3H2,1-2H3. The van der Waals surface area contributed by atoms with E-state index in [1.165, 1.54) is 12.1 Å². The summed E-state index contributed by atoms with van der Waals surface area (Å²) >= 11 is 0. The number of benzene rings is 3. The minimum atomic E-state index is -0.239. The highest BCUT2D eigenvalue weighted by atomic mass is 19.1.